The number of aryl methyl sites for hydroxylation is 1. The minimum Gasteiger partial charge on any atom is -0.494 e. The summed E-state index contributed by atoms with van der Waals surface area (Å²) in [6.07, 6.45) is 0.0145. The molecule has 6 rings (SSSR count). The van der Waals surface area contributed by atoms with Crippen molar-refractivity contribution in [2.75, 3.05) is 26.2 Å². The first-order valence-electron chi connectivity index (χ1n) is 25.1. The third-order valence-electron chi connectivity index (χ3n) is 13.6. The van der Waals surface area contributed by atoms with Crippen LogP contribution in [0.4, 0.5) is 4.79 Å². The predicted molar refractivity (Wildman–Crippen MR) is 285 cm³/mol. The maximum absolute atomic E-state index is 14.3. The quantitative estimate of drug-likeness (QED) is 0.0652. The summed E-state index contributed by atoms with van der Waals surface area (Å²) in [5, 5.41) is 29.3. The van der Waals surface area contributed by atoms with E-state index in [0.717, 1.165) is 21.7 Å². The SMILES string of the molecule is Cc1ncsc1-c1ccc(CNC(=O)[C@@H]2C[C@@H](O)CN2C(=O)[C@@H](NC(=O)CN(CCCCCOc2ccc(C(=O)N[C@H]3C(C)(C)[C@H](Oc4ccc(C#N)c(Cl)c4)C3(C)C)cc2)C(=O)OC(C)(C)C)C(C)(C)C)cc1. The molecule has 2 fully saturated rings. The summed E-state index contributed by atoms with van der Waals surface area (Å²) >= 11 is 7.81. The number of aliphatic hydroxyl groups is 1. The Hall–Kier alpha value is -6.22. The van der Waals surface area contributed by atoms with Gasteiger partial charge in [-0.25, -0.2) is 9.78 Å². The van der Waals surface area contributed by atoms with Crippen molar-refractivity contribution < 1.29 is 43.3 Å². The number of benzene rings is 3. The summed E-state index contributed by atoms with van der Waals surface area (Å²) < 4.78 is 18.0. The van der Waals surface area contributed by atoms with Crippen molar-refractivity contribution in [3.63, 3.8) is 0 Å². The molecule has 0 bridgehead atoms. The number of carbonyl (C=O) groups is 5. The maximum atomic E-state index is 14.3. The number of ether oxygens (including phenoxy) is 3. The minimum absolute atomic E-state index is 0.0473. The molecule has 18 heteroatoms. The van der Waals surface area contributed by atoms with E-state index in [1.165, 1.54) is 9.80 Å². The number of thiazole rings is 1. The van der Waals surface area contributed by atoms with Crippen LogP contribution in [0.2, 0.25) is 5.02 Å². The Kier molecular flexibility index (Phi) is 18.2. The van der Waals surface area contributed by atoms with Crippen LogP contribution < -0.4 is 25.4 Å². The van der Waals surface area contributed by atoms with Gasteiger partial charge in [0, 0.05) is 54.6 Å². The molecular formula is C56H72ClN7O9S. The summed E-state index contributed by atoms with van der Waals surface area (Å²) in [4.78, 5) is 76.7. The van der Waals surface area contributed by atoms with E-state index in [-0.39, 0.29) is 50.7 Å². The number of nitriles is 1. The molecule has 3 aromatic carbocycles. The fourth-order valence-corrected chi connectivity index (χ4v) is 11.0. The van der Waals surface area contributed by atoms with E-state index in [2.05, 4.69) is 27.0 Å². The van der Waals surface area contributed by atoms with Crippen LogP contribution in [0, 0.1) is 34.5 Å². The highest BCUT2D eigenvalue weighted by Gasteiger charge is 2.64. The zero-order valence-corrected chi connectivity index (χ0v) is 46.0. The molecule has 2 aliphatic rings. The molecule has 0 spiro atoms. The van der Waals surface area contributed by atoms with Crippen molar-refractivity contribution in [2.24, 2.45) is 16.2 Å². The Morgan fingerprint density at radius 1 is 0.946 bits per heavy atom. The number of rotatable bonds is 19. The van der Waals surface area contributed by atoms with Crippen molar-refractivity contribution in [1.82, 2.24) is 30.7 Å². The fraction of sp³-hybridized carbons (Fsp3) is 0.518. The molecule has 0 radical (unpaired) electrons. The van der Waals surface area contributed by atoms with E-state index < -0.39 is 63.8 Å². The van der Waals surface area contributed by atoms with Crippen LogP contribution in [-0.4, -0.2) is 112 Å². The van der Waals surface area contributed by atoms with Crippen LogP contribution >= 0.6 is 22.9 Å². The van der Waals surface area contributed by atoms with Gasteiger partial charge in [-0.1, -0.05) is 84.3 Å². The van der Waals surface area contributed by atoms with Crippen LogP contribution in [0.1, 0.15) is 122 Å². The Labute approximate surface area is 444 Å². The second kappa shape index (κ2) is 23.5. The molecule has 1 aliphatic carbocycles. The third-order valence-corrected chi connectivity index (χ3v) is 14.9. The Bertz CT molecular complexity index is 2670. The van der Waals surface area contributed by atoms with Gasteiger partial charge in [-0.3, -0.25) is 24.1 Å². The molecule has 0 unspecified atom stereocenters. The normalized spacial score (nSPS) is 19.3. The van der Waals surface area contributed by atoms with Crippen LogP contribution in [-0.2, 0) is 25.7 Å². The maximum Gasteiger partial charge on any atom is 0.410 e. The molecule has 4 N–H and O–H groups in total. The highest BCUT2D eigenvalue weighted by atomic mass is 35.5. The lowest BCUT2D eigenvalue weighted by molar-refractivity contribution is -0.164. The van der Waals surface area contributed by atoms with Crippen molar-refractivity contribution in [1.29, 1.82) is 5.26 Å². The highest BCUT2D eigenvalue weighted by molar-refractivity contribution is 7.13. The highest BCUT2D eigenvalue weighted by Crippen LogP contribution is 2.55. The largest absolute Gasteiger partial charge is 0.494 e. The first kappa shape index (κ1) is 57.1. The molecule has 3 atom stereocenters. The van der Waals surface area contributed by atoms with Gasteiger partial charge < -0.3 is 40.2 Å². The summed E-state index contributed by atoms with van der Waals surface area (Å²) in [5.74, 6) is -0.570. The second-order valence-corrected chi connectivity index (χ2v) is 23.8. The predicted octanol–water partition coefficient (Wildman–Crippen LogP) is 8.85. The van der Waals surface area contributed by atoms with Gasteiger partial charge in [0.2, 0.25) is 17.7 Å². The lowest BCUT2D eigenvalue weighted by Gasteiger charge is -2.63. The van der Waals surface area contributed by atoms with E-state index in [4.69, 9.17) is 25.8 Å². The fourth-order valence-electron chi connectivity index (χ4n) is 10.0. The summed E-state index contributed by atoms with van der Waals surface area (Å²) in [7, 11) is 0. The number of nitrogens with one attached hydrogen (secondary N) is 3. The first-order chi connectivity index (χ1) is 34.7. The first-order valence-corrected chi connectivity index (χ1v) is 26.4. The lowest BCUT2D eigenvalue weighted by Crippen LogP contribution is -2.74. The Balaban J connectivity index is 0.975. The minimum atomic E-state index is -1.09. The van der Waals surface area contributed by atoms with E-state index in [1.54, 1.807) is 101 Å². The standard InChI is InChI=1S/C56H72ClN7O9S/c1-34-45(74-33-60-34)36-17-15-35(16-18-36)30-59-48(68)43-27-39(65)31-64(43)49(69)46(53(2,3)4)61-44(66)32-63(52(70)73-54(5,6)7)25-13-12-14-26-71-40-22-19-37(20-23-40)47(67)62-50-55(8,9)51(56(50,10)11)72-41-24-21-38(29-58)42(57)28-41/h15-24,28,33,39,43,46,50-51,65H,12-14,25-27,30-32H2,1-11H3,(H,59,68)(H,61,66)(H,62,67)/t39-,43+,46-,50-,51-/m1/s1. The molecule has 16 nitrogen and oxygen atoms in total. The number of amides is 5. The van der Waals surface area contributed by atoms with Crippen molar-refractivity contribution in [3.8, 4) is 28.0 Å². The van der Waals surface area contributed by atoms with Gasteiger partial charge in [-0.05, 0) is 99.9 Å². The number of β-amino-alcohol motifs (C(OH)–C–C–N with tert-alkyl or cyclic N) is 1. The molecule has 2 heterocycles. The number of likely N-dealkylation sites (tertiary alicyclic amines) is 1. The lowest BCUT2D eigenvalue weighted by atomic mass is 9.49. The average molecular weight is 1050 g/mol. The summed E-state index contributed by atoms with van der Waals surface area (Å²) in [6.45, 7) is 21.1. The summed E-state index contributed by atoms with van der Waals surface area (Å²) in [6, 6.07) is 19.5. The number of carbonyl (C=O) groups excluding carboxylic acids is 5. The Morgan fingerprint density at radius 2 is 1.61 bits per heavy atom. The van der Waals surface area contributed by atoms with Crippen LogP contribution in [0.25, 0.3) is 10.4 Å². The molecule has 1 aromatic heterocycles. The molecule has 398 valence electrons. The van der Waals surface area contributed by atoms with E-state index in [0.29, 0.717) is 53.5 Å². The molecule has 74 heavy (non-hydrogen) atoms. The topological polar surface area (TPSA) is 213 Å². The summed E-state index contributed by atoms with van der Waals surface area (Å²) in [5.41, 5.74) is 3.02. The third kappa shape index (κ3) is 14.1. The smallest absolute Gasteiger partial charge is 0.410 e. The van der Waals surface area contributed by atoms with Crippen LogP contribution in [0.15, 0.2) is 72.2 Å². The number of aliphatic hydroxyl groups excluding tert-OH is 1. The number of halogens is 1. The monoisotopic (exact) mass is 1050 g/mol. The zero-order valence-electron chi connectivity index (χ0n) is 44.5. The number of unbranched alkanes of at least 4 members (excludes halogenated alkanes) is 2. The van der Waals surface area contributed by atoms with Gasteiger partial charge in [0.25, 0.3) is 5.91 Å². The van der Waals surface area contributed by atoms with Crippen LogP contribution in [0.5, 0.6) is 11.5 Å². The number of hydrogen-bond donors (Lipinski definition) is 4. The van der Waals surface area contributed by atoms with E-state index in [9.17, 15) is 34.3 Å². The number of nitrogens with zero attached hydrogens (tertiary/aromatic N) is 4. The number of aromatic nitrogens is 1. The molecular weight excluding hydrogens is 982 g/mol. The van der Waals surface area contributed by atoms with Gasteiger partial charge in [0.05, 0.1) is 39.4 Å². The Morgan fingerprint density at radius 3 is 2.20 bits per heavy atom. The van der Waals surface area contributed by atoms with E-state index in [1.807, 2.05) is 58.9 Å². The van der Waals surface area contributed by atoms with Crippen molar-refractivity contribution in [3.05, 3.63) is 99.6 Å². The van der Waals surface area contributed by atoms with Crippen molar-refractivity contribution >= 4 is 52.7 Å². The van der Waals surface area contributed by atoms with E-state index >= 15 is 0 Å². The van der Waals surface area contributed by atoms with Gasteiger partial charge >= 0.3 is 6.09 Å². The van der Waals surface area contributed by atoms with Crippen molar-refractivity contribution in [2.45, 2.75) is 144 Å². The zero-order chi connectivity index (χ0) is 54.3. The molecule has 1 saturated carbocycles. The van der Waals surface area contributed by atoms with Gasteiger partial charge in [0.1, 0.15) is 47.9 Å². The molecule has 1 saturated heterocycles. The second-order valence-electron chi connectivity index (χ2n) is 22.6. The molecule has 1 aliphatic heterocycles. The molecule has 5 amide bonds. The average Bonchev–Trinajstić information content (AvgIpc) is 3.95. The van der Waals surface area contributed by atoms with Crippen LogP contribution in [0.3, 0.4) is 0 Å². The van der Waals surface area contributed by atoms with Gasteiger partial charge in [-0.15, -0.1) is 11.3 Å². The number of hydrogen-bond acceptors (Lipinski definition) is 12. The van der Waals surface area contributed by atoms with Gasteiger partial charge in [-0.2, -0.15) is 5.26 Å². The van der Waals surface area contributed by atoms with Gasteiger partial charge in [0.15, 0.2) is 0 Å². The molecule has 4 aromatic rings.